The minimum atomic E-state index is -1.16. The van der Waals surface area contributed by atoms with E-state index in [9.17, 15) is 9.90 Å². The number of fused-ring (bicyclic) bond motifs is 3. The molecule has 4 fully saturated rings. The normalized spacial score (nSPS) is 48.4. The lowest BCUT2D eigenvalue weighted by Gasteiger charge is -2.58. The minimum absolute atomic E-state index is 0.186. The maximum absolute atomic E-state index is 15.0. The summed E-state index contributed by atoms with van der Waals surface area (Å²) in [5.74, 6) is 2.57. The standard InChI is InChI=1S/C30H45FO4/c1-17(32)34-25(27(4,5)33)21-9-7-19-22(35-21)15-20-18-8-10-23-26(2,3)24(31)11-12-30(23)16-29(18,30)14-13-28(19,20)6/h18,20-21,23-25,33H,7-16H2,1-6H3. The van der Waals surface area contributed by atoms with Crippen molar-refractivity contribution in [3.8, 4) is 0 Å². The van der Waals surface area contributed by atoms with E-state index in [4.69, 9.17) is 9.47 Å². The maximum atomic E-state index is 15.0. The number of aliphatic hydroxyl groups is 1. The van der Waals surface area contributed by atoms with E-state index in [0.717, 1.165) is 37.9 Å². The van der Waals surface area contributed by atoms with Crippen LogP contribution < -0.4 is 0 Å². The van der Waals surface area contributed by atoms with Gasteiger partial charge in [-0.2, -0.15) is 0 Å². The van der Waals surface area contributed by atoms with Crippen molar-refractivity contribution in [3.05, 3.63) is 11.3 Å². The van der Waals surface area contributed by atoms with Gasteiger partial charge in [-0.3, -0.25) is 4.79 Å². The van der Waals surface area contributed by atoms with Gasteiger partial charge < -0.3 is 14.6 Å². The first-order chi connectivity index (χ1) is 16.3. The smallest absolute Gasteiger partial charge is 0.303 e. The number of alkyl halides is 1. The van der Waals surface area contributed by atoms with Crippen LogP contribution in [0.2, 0.25) is 0 Å². The molecule has 0 aromatic rings. The zero-order valence-electron chi connectivity index (χ0n) is 22.6. The van der Waals surface area contributed by atoms with Crippen molar-refractivity contribution in [1.82, 2.24) is 0 Å². The summed E-state index contributed by atoms with van der Waals surface area (Å²) in [5.41, 5.74) is 1.12. The SMILES string of the molecule is CC(=O)OC(C1CCC2=C(CC3C4CCC5C(C)(C)C(F)CCC56CC46CCC23C)O1)C(C)(C)O. The number of rotatable bonds is 3. The van der Waals surface area contributed by atoms with E-state index in [1.165, 1.54) is 44.6 Å². The second-order valence-electron chi connectivity index (χ2n) is 14.6. The van der Waals surface area contributed by atoms with E-state index in [1.54, 1.807) is 13.8 Å². The molecule has 35 heavy (non-hydrogen) atoms. The number of hydrogen-bond donors (Lipinski definition) is 1. The van der Waals surface area contributed by atoms with Gasteiger partial charge >= 0.3 is 5.97 Å². The summed E-state index contributed by atoms with van der Waals surface area (Å²) >= 11 is 0. The van der Waals surface area contributed by atoms with Gasteiger partial charge in [-0.05, 0) is 117 Å². The van der Waals surface area contributed by atoms with E-state index in [1.807, 2.05) is 0 Å². The number of ether oxygens (including phenoxy) is 2. The molecule has 0 aromatic heterocycles. The highest BCUT2D eigenvalue weighted by molar-refractivity contribution is 5.66. The van der Waals surface area contributed by atoms with Crippen molar-refractivity contribution < 1.29 is 23.8 Å². The molecule has 1 aliphatic heterocycles. The first-order valence-electron chi connectivity index (χ1n) is 14.2. The zero-order chi connectivity index (χ0) is 25.2. The molecule has 4 nitrogen and oxygen atoms in total. The first-order valence-corrected chi connectivity index (χ1v) is 14.2. The number of carbonyl (C=O) groups is 1. The molecule has 2 spiro atoms. The van der Waals surface area contributed by atoms with Crippen molar-refractivity contribution >= 4 is 5.97 Å². The second kappa shape index (κ2) is 7.26. The molecule has 1 heterocycles. The number of allylic oxidation sites excluding steroid dienone is 2. The average molecular weight is 489 g/mol. The van der Waals surface area contributed by atoms with Crippen LogP contribution in [0.4, 0.5) is 4.39 Å². The number of esters is 1. The Kier molecular flexibility index (Phi) is 5.03. The molecule has 196 valence electrons. The predicted molar refractivity (Wildman–Crippen MR) is 132 cm³/mol. The van der Waals surface area contributed by atoms with Gasteiger partial charge in [-0.15, -0.1) is 0 Å². The fourth-order valence-corrected chi connectivity index (χ4v) is 10.7. The van der Waals surface area contributed by atoms with Crippen LogP contribution in [-0.4, -0.2) is 35.1 Å². The Morgan fingerprint density at radius 1 is 1.09 bits per heavy atom. The topological polar surface area (TPSA) is 55.8 Å². The summed E-state index contributed by atoms with van der Waals surface area (Å²) in [5, 5.41) is 10.7. The molecule has 0 aromatic carbocycles. The quantitative estimate of drug-likeness (QED) is 0.461. The Labute approximate surface area is 210 Å². The Hall–Kier alpha value is -1.10. The summed E-state index contributed by atoms with van der Waals surface area (Å²) in [4.78, 5) is 11.8. The van der Waals surface area contributed by atoms with E-state index >= 15 is 4.39 Å². The molecule has 6 rings (SSSR count). The van der Waals surface area contributed by atoms with E-state index in [2.05, 4.69) is 20.8 Å². The van der Waals surface area contributed by atoms with Crippen LogP contribution in [0, 0.1) is 39.4 Å². The Morgan fingerprint density at radius 3 is 2.51 bits per heavy atom. The van der Waals surface area contributed by atoms with Gasteiger partial charge in [-0.1, -0.05) is 20.8 Å². The molecular formula is C30H45FO4. The fourth-order valence-electron chi connectivity index (χ4n) is 10.7. The molecule has 5 aliphatic carbocycles. The highest BCUT2D eigenvalue weighted by Crippen LogP contribution is 2.87. The van der Waals surface area contributed by atoms with Crippen molar-refractivity contribution in [2.75, 3.05) is 0 Å². The molecule has 4 saturated carbocycles. The van der Waals surface area contributed by atoms with E-state index in [0.29, 0.717) is 28.6 Å². The molecule has 0 amide bonds. The lowest BCUT2D eigenvalue weighted by Crippen LogP contribution is -2.53. The summed E-state index contributed by atoms with van der Waals surface area (Å²) in [6.45, 7) is 11.7. The van der Waals surface area contributed by atoms with Crippen molar-refractivity contribution in [3.63, 3.8) is 0 Å². The van der Waals surface area contributed by atoms with E-state index in [-0.39, 0.29) is 22.9 Å². The van der Waals surface area contributed by atoms with Gasteiger partial charge in [0.25, 0.3) is 0 Å². The second-order valence-corrected chi connectivity index (χ2v) is 14.6. The molecule has 9 atom stereocenters. The van der Waals surface area contributed by atoms with Crippen LogP contribution in [-0.2, 0) is 14.3 Å². The van der Waals surface area contributed by atoms with E-state index < -0.39 is 17.9 Å². The van der Waals surface area contributed by atoms with Gasteiger partial charge in [0, 0.05) is 13.3 Å². The summed E-state index contributed by atoms with van der Waals surface area (Å²) in [6, 6.07) is 0. The molecule has 1 N–H and O–H groups in total. The van der Waals surface area contributed by atoms with Gasteiger partial charge in [0.1, 0.15) is 12.3 Å². The summed E-state index contributed by atoms with van der Waals surface area (Å²) < 4.78 is 27.2. The number of carbonyl (C=O) groups excluding carboxylic acids is 1. The van der Waals surface area contributed by atoms with Crippen LogP contribution >= 0.6 is 0 Å². The van der Waals surface area contributed by atoms with Crippen LogP contribution in [0.3, 0.4) is 0 Å². The minimum Gasteiger partial charge on any atom is -0.491 e. The molecule has 9 unspecified atom stereocenters. The third kappa shape index (κ3) is 3.09. The number of halogens is 1. The third-order valence-corrected chi connectivity index (χ3v) is 12.3. The molecule has 0 bridgehead atoms. The van der Waals surface area contributed by atoms with Crippen LogP contribution in [0.25, 0.3) is 0 Å². The Bertz CT molecular complexity index is 964. The summed E-state index contributed by atoms with van der Waals surface area (Å²) in [7, 11) is 0. The first kappa shape index (κ1) is 24.2. The van der Waals surface area contributed by atoms with Crippen LogP contribution in [0.1, 0.15) is 106 Å². The van der Waals surface area contributed by atoms with Gasteiger partial charge in [0.15, 0.2) is 6.10 Å². The highest BCUT2D eigenvalue weighted by atomic mass is 19.1. The predicted octanol–water partition coefficient (Wildman–Crippen LogP) is 6.50. The fraction of sp³-hybridized carbons (Fsp3) is 0.900. The number of hydrogen-bond acceptors (Lipinski definition) is 4. The Balaban J connectivity index is 1.26. The zero-order valence-corrected chi connectivity index (χ0v) is 22.6. The lowest BCUT2D eigenvalue weighted by atomic mass is 9.46. The monoisotopic (exact) mass is 488 g/mol. The van der Waals surface area contributed by atoms with Gasteiger partial charge in [0.2, 0.25) is 0 Å². The van der Waals surface area contributed by atoms with Gasteiger partial charge in [-0.25, -0.2) is 4.39 Å². The molecular weight excluding hydrogens is 443 g/mol. The average Bonchev–Trinajstić information content (AvgIpc) is 3.34. The van der Waals surface area contributed by atoms with Crippen LogP contribution in [0.5, 0.6) is 0 Å². The Morgan fingerprint density at radius 2 is 1.83 bits per heavy atom. The largest absolute Gasteiger partial charge is 0.491 e. The molecule has 5 heteroatoms. The van der Waals surface area contributed by atoms with Crippen molar-refractivity contribution in [2.45, 2.75) is 130 Å². The highest BCUT2D eigenvalue weighted by Gasteiger charge is 2.80. The lowest BCUT2D eigenvalue weighted by molar-refractivity contribution is -0.177. The van der Waals surface area contributed by atoms with Gasteiger partial charge in [0.05, 0.1) is 11.4 Å². The van der Waals surface area contributed by atoms with Crippen LogP contribution in [0.15, 0.2) is 11.3 Å². The molecule has 6 aliphatic rings. The third-order valence-electron chi connectivity index (χ3n) is 12.3. The van der Waals surface area contributed by atoms with Crippen molar-refractivity contribution in [2.24, 2.45) is 39.4 Å². The maximum Gasteiger partial charge on any atom is 0.303 e. The molecule has 0 radical (unpaired) electrons. The molecule has 0 saturated heterocycles. The summed E-state index contributed by atoms with van der Waals surface area (Å²) in [6.07, 6.45) is 9.13. The van der Waals surface area contributed by atoms with Crippen molar-refractivity contribution in [1.29, 1.82) is 0 Å².